The van der Waals surface area contributed by atoms with Gasteiger partial charge in [-0.2, -0.15) is 0 Å². The molecule has 1 aliphatic heterocycles. The Kier molecular flexibility index (Phi) is 6.05. The smallest absolute Gasteiger partial charge is 0.407 e. The standard InChI is InChI=1S/C18H20ClN5O4/c1-28-15-4-2-12(19)10-14(15)22-17(25)21-13-3-5-16(20-11-13)23-6-8-24(9-7-23)18(26)27/h2-5,10-11H,6-9H2,1H3,(H,26,27)(H2,21,22,25). The number of pyridine rings is 1. The molecule has 28 heavy (non-hydrogen) atoms. The summed E-state index contributed by atoms with van der Waals surface area (Å²) in [5.41, 5.74) is 0.972. The number of benzene rings is 1. The number of hydrogen-bond donors (Lipinski definition) is 3. The summed E-state index contributed by atoms with van der Waals surface area (Å²) in [4.78, 5) is 30.9. The average molecular weight is 406 g/mol. The molecule has 148 valence electrons. The number of amides is 3. The van der Waals surface area contributed by atoms with Crippen LogP contribution >= 0.6 is 11.6 Å². The van der Waals surface area contributed by atoms with Crippen LogP contribution in [-0.2, 0) is 0 Å². The number of halogens is 1. The molecule has 1 fully saturated rings. The Labute approximate surface area is 166 Å². The van der Waals surface area contributed by atoms with Gasteiger partial charge in [0.25, 0.3) is 0 Å². The largest absolute Gasteiger partial charge is 0.495 e. The van der Waals surface area contributed by atoms with Crippen LogP contribution in [0.1, 0.15) is 0 Å². The zero-order valence-electron chi connectivity index (χ0n) is 15.2. The van der Waals surface area contributed by atoms with Crippen LogP contribution in [0.15, 0.2) is 36.5 Å². The van der Waals surface area contributed by atoms with E-state index in [1.807, 2.05) is 4.90 Å². The van der Waals surface area contributed by atoms with Crippen LogP contribution in [0.25, 0.3) is 0 Å². The molecule has 10 heteroatoms. The fourth-order valence-electron chi connectivity index (χ4n) is 2.84. The molecule has 0 aliphatic carbocycles. The lowest BCUT2D eigenvalue weighted by Gasteiger charge is -2.33. The fraction of sp³-hybridized carbons (Fsp3) is 0.278. The van der Waals surface area contributed by atoms with Gasteiger partial charge < -0.3 is 30.3 Å². The zero-order valence-corrected chi connectivity index (χ0v) is 15.9. The van der Waals surface area contributed by atoms with Crippen LogP contribution in [0.2, 0.25) is 5.02 Å². The third kappa shape index (κ3) is 4.74. The van der Waals surface area contributed by atoms with E-state index in [0.717, 1.165) is 5.82 Å². The van der Waals surface area contributed by atoms with Crippen LogP contribution in [0, 0.1) is 0 Å². The first-order valence-electron chi connectivity index (χ1n) is 8.56. The molecule has 1 aliphatic rings. The quantitative estimate of drug-likeness (QED) is 0.721. The highest BCUT2D eigenvalue weighted by molar-refractivity contribution is 6.31. The van der Waals surface area contributed by atoms with E-state index in [2.05, 4.69) is 15.6 Å². The van der Waals surface area contributed by atoms with Crippen molar-refractivity contribution in [1.82, 2.24) is 9.88 Å². The van der Waals surface area contributed by atoms with Gasteiger partial charge in [0.2, 0.25) is 0 Å². The van der Waals surface area contributed by atoms with Gasteiger partial charge in [-0.3, -0.25) is 0 Å². The van der Waals surface area contributed by atoms with E-state index in [1.165, 1.54) is 12.0 Å². The molecule has 2 heterocycles. The van der Waals surface area contributed by atoms with Crippen molar-refractivity contribution < 1.29 is 19.4 Å². The number of carboxylic acid groups (broad SMARTS) is 1. The number of hydrogen-bond acceptors (Lipinski definition) is 5. The number of rotatable bonds is 4. The van der Waals surface area contributed by atoms with Gasteiger partial charge in [-0.1, -0.05) is 11.6 Å². The monoisotopic (exact) mass is 405 g/mol. The van der Waals surface area contributed by atoms with Gasteiger partial charge in [-0.05, 0) is 30.3 Å². The van der Waals surface area contributed by atoms with Gasteiger partial charge in [0.1, 0.15) is 11.6 Å². The van der Waals surface area contributed by atoms with Gasteiger partial charge in [-0.25, -0.2) is 14.6 Å². The lowest BCUT2D eigenvalue weighted by atomic mass is 10.3. The Hall–Kier alpha value is -3.20. The van der Waals surface area contributed by atoms with Gasteiger partial charge in [0, 0.05) is 31.2 Å². The maximum atomic E-state index is 12.2. The minimum Gasteiger partial charge on any atom is -0.495 e. The molecule has 0 saturated carbocycles. The highest BCUT2D eigenvalue weighted by Crippen LogP contribution is 2.27. The average Bonchev–Trinajstić information content (AvgIpc) is 2.69. The van der Waals surface area contributed by atoms with Gasteiger partial charge in [-0.15, -0.1) is 0 Å². The molecule has 3 amide bonds. The Balaban J connectivity index is 1.58. The lowest BCUT2D eigenvalue weighted by molar-refractivity contribution is 0.142. The molecule has 0 atom stereocenters. The molecular formula is C18H20ClN5O4. The molecule has 1 saturated heterocycles. The molecule has 0 radical (unpaired) electrons. The summed E-state index contributed by atoms with van der Waals surface area (Å²) < 4.78 is 5.20. The normalized spacial score (nSPS) is 13.8. The molecule has 1 aromatic heterocycles. The Morgan fingerprint density at radius 2 is 1.89 bits per heavy atom. The summed E-state index contributed by atoms with van der Waals surface area (Å²) in [5, 5.41) is 14.9. The summed E-state index contributed by atoms with van der Waals surface area (Å²) in [7, 11) is 1.51. The molecule has 3 N–H and O–H groups in total. The van der Waals surface area contributed by atoms with E-state index in [9.17, 15) is 9.59 Å². The second-order valence-electron chi connectivity index (χ2n) is 6.09. The Morgan fingerprint density at radius 1 is 1.14 bits per heavy atom. The summed E-state index contributed by atoms with van der Waals surface area (Å²) in [6, 6.07) is 8.00. The minimum absolute atomic E-state index is 0.431. The van der Waals surface area contributed by atoms with Crippen molar-refractivity contribution in [2.45, 2.75) is 0 Å². The number of ether oxygens (including phenoxy) is 1. The lowest BCUT2D eigenvalue weighted by Crippen LogP contribution is -2.48. The summed E-state index contributed by atoms with van der Waals surface area (Å²) in [6.45, 7) is 2.00. The summed E-state index contributed by atoms with van der Waals surface area (Å²) in [5.74, 6) is 1.22. The molecule has 0 spiro atoms. The number of carbonyl (C=O) groups is 2. The van der Waals surface area contributed by atoms with Crippen molar-refractivity contribution in [3.8, 4) is 5.75 Å². The SMILES string of the molecule is COc1ccc(Cl)cc1NC(=O)Nc1ccc(N2CCN(C(=O)O)CC2)nc1. The van der Waals surface area contributed by atoms with E-state index in [0.29, 0.717) is 48.3 Å². The first-order valence-corrected chi connectivity index (χ1v) is 8.94. The number of nitrogens with one attached hydrogen (secondary N) is 2. The molecule has 0 bridgehead atoms. The minimum atomic E-state index is -0.908. The number of carbonyl (C=O) groups excluding carboxylic acids is 1. The van der Waals surface area contributed by atoms with Crippen molar-refractivity contribution in [3.05, 3.63) is 41.6 Å². The van der Waals surface area contributed by atoms with Crippen LogP contribution in [0.3, 0.4) is 0 Å². The van der Waals surface area contributed by atoms with Crippen molar-refractivity contribution in [3.63, 3.8) is 0 Å². The van der Waals surface area contributed by atoms with Crippen molar-refractivity contribution in [1.29, 1.82) is 0 Å². The number of aromatic nitrogens is 1. The zero-order chi connectivity index (χ0) is 20.1. The summed E-state index contributed by atoms with van der Waals surface area (Å²) in [6.07, 6.45) is 0.641. The highest BCUT2D eigenvalue weighted by Gasteiger charge is 2.21. The number of urea groups is 1. The maximum Gasteiger partial charge on any atom is 0.407 e. The number of nitrogens with zero attached hydrogens (tertiary/aromatic N) is 3. The summed E-state index contributed by atoms with van der Waals surface area (Å²) >= 11 is 5.96. The predicted molar refractivity (Wildman–Crippen MR) is 107 cm³/mol. The van der Waals surface area contributed by atoms with Crippen LogP contribution in [0.5, 0.6) is 5.75 Å². The van der Waals surface area contributed by atoms with Crippen molar-refractivity contribution in [2.75, 3.05) is 48.8 Å². The predicted octanol–water partition coefficient (Wildman–Crippen LogP) is 3.19. The van der Waals surface area contributed by atoms with E-state index >= 15 is 0 Å². The highest BCUT2D eigenvalue weighted by atomic mass is 35.5. The molecule has 0 unspecified atom stereocenters. The third-order valence-corrected chi connectivity index (χ3v) is 4.52. The molecule has 2 aromatic rings. The first kappa shape index (κ1) is 19.6. The Morgan fingerprint density at radius 3 is 2.50 bits per heavy atom. The molecule has 3 rings (SSSR count). The first-order chi connectivity index (χ1) is 13.5. The van der Waals surface area contributed by atoms with Crippen LogP contribution in [-0.4, -0.2) is 60.4 Å². The molecular weight excluding hydrogens is 386 g/mol. The third-order valence-electron chi connectivity index (χ3n) is 4.29. The van der Waals surface area contributed by atoms with Crippen LogP contribution < -0.4 is 20.3 Å². The second kappa shape index (κ2) is 8.66. The van der Waals surface area contributed by atoms with Crippen molar-refractivity contribution >= 4 is 40.9 Å². The van der Waals surface area contributed by atoms with Gasteiger partial charge in [0.05, 0.1) is 24.7 Å². The van der Waals surface area contributed by atoms with E-state index in [1.54, 1.807) is 36.5 Å². The maximum absolute atomic E-state index is 12.2. The van der Waals surface area contributed by atoms with E-state index in [-0.39, 0.29) is 0 Å². The fourth-order valence-corrected chi connectivity index (χ4v) is 3.01. The van der Waals surface area contributed by atoms with Crippen LogP contribution in [0.4, 0.5) is 26.8 Å². The van der Waals surface area contributed by atoms with Gasteiger partial charge in [0.15, 0.2) is 0 Å². The molecule has 9 nitrogen and oxygen atoms in total. The number of piperazine rings is 1. The van der Waals surface area contributed by atoms with E-state index in [4.69, 9.17) is 21.4 Å². The van der Waals surface area contributed by atoms with E-state index < -0.39 is 12.1 Å². The number of anilines is 3. The van der Waals surface area contributed by atoms with Crippen molar-refractivity contribution in [2.24, 2.45) is 0 Å². The second-order valence-corrected chi connectivity index (χ2v) is 6.52. The topological polar surface area (TPSA) is 107 Å². The Bertz CT molecular complexity index is 854. The van der Waals surface area contributed by atoms with Gasteiger partial charge >= 0.3 is 12.1 Å². The molecule has 1 aromatic carbocycles. The number of methoxy groups -OCH3 is 1.